The quantitative estimate of drug-likeness (QED) is 0.499. The Labute approximate surface area is 178 Å². The molecule has 1 saturated heterocycles. The van der Waals surface area contributed by atoms with Gasteiger partial charge in [-0.15, -0.1) is 0 Å². The van der Waals surface area contributed by atoms with E-state index in [0.29, 0.717) is 0 Å². The predicted molar refractivity (Wildman–Crippen MR) is 121 cm³/mol. The number of nitrogen functional groups attached to an aromatic ring is 1. The first-order valence-electron chi connectivity index (χ1n) is 11.1. The molecule has 6 rings (SSSR count). The van der Waals surface area contributed by atoms with Gasteiger partial charge in [-0.05, 0) is 64.8 Å². The number of nitrogens with zero attached hydrogens (tertiary/aromatic N) is 1. The third kappa shape index (κ3) is 2.73. The number of anilines is 1. The van der Waals surface area contributed by atoms with E-state index in [1.807, 2.05) is 18.2 Å². The maximum absolute atomic E-state index is 11.7. The van der Waals surface area contributed by atoms with Crippen molar-refractivity contribution in [3.05, 3.63) is 89.0 Å². The van der Waals surface area contributed by atoms with Gasteiger partial charge >= 0.3 is 0 Å². The third-order valence-corrected chi connectivity index (χ3v) is 7.68. The SMILES string of the molecule is Nc1cccc(C2(O)C3CCC2CN(Cc2ccc4c(c2)Cc2ccccc2-4)C3)c1. The number of piperidine rings is 1. The molecule has 30 heavy (non-hydrogen) atoms. The number of benzene rings is 3. The Morgan fingerprint density at radius 3 is 2.43 bits per heavy atom. The summed E-state index contributed by atoms with van der Waals surface area (Å²) in [5.41, 5.74) is 14.1. The summed E-state index contributed by atoms with van der Waals surface area (Å²) >= 11 is 0. The first kappa shape index (κ1) is 18.2. The van der Waals surface area contributed by atoms with Crippen molar-refractivity contribution in [2.75, 3.05) is 18.8 Å². The fourth-order valence-electron chi connectivity index (χ4n) is 6.28. The molecule has 2 unspecified atom stereocenters. The van der Waals surface area contributed by atoms with E-state index in [4.69, 9.17) is 5.73 Å². The average molecular weight is 397 g/mol. The van der Waals surface area contributed by atoms with Gasteiger partial charge in [-0.2, -0.15) is 0 Å². The van der Waals surface area contributed by atoms with Crippen molar-refractivity contribution in [3.8, 4) is 11.1 Å². The van der Waals surface area contributed by atoms with Crippen molar-refractivity contribution in [1.29, 1.82) is 0 Å². The van der Waals surface area contributed by atoms with Crippen LogP contribution in [0.4, 0.5) is 5.69 Å². The van der Waals surface area contributed by atoms with Crippen LogP contribution in [0.15, 0.2) is 66.7 Å². The van der Waals surface area contributed by atoms with Crippen LogP contribution in [0.2, 0.25) is 0 Å². The molecule has 3 aromatic rings. The molecule has 0 aromatic heterocycles. The number of aliphatic hydroxyl groups is 1. The summed E-state index contributed by atoms with van der Waals surface area (Å²) in [5, 5.41) is 11.7. The summed E-state index contributed by atoms with van der Waals surface area (Å²) in [6.45, 7) is 2.85. The highest BCUT2D eigenvalue weighted by atomic mass is 16.3. The minimum atomic E-state index is -0.731. The predicted octanol–water partition coefficient (Wildman–Crippen LogP) is 4.57. The zero-order valence-corrected chi connectivity index (χ0v) is 17.2. The van der Waals surface area contributed by atoms with Gasteiger partial charge in [0.2, 0.25) is 0 Å². The number of hydrogen-bond acceptors (Lipinski definition) is 3. The third-order valence-electron chi connectivity index (χ3n) is 7.68. The van der Waals surface area contributed by atoms with Gasteiger partial charge in [-0.25, -0.2) is 0 Å². The van der Waals surface area contributed by atoms with Gasteiger partial charge < -0.3 is 10.8 Å². The molecule has 0 spiro atoms. The van der Waals surface area contributed by atoms with Gasteiger partial charge in [0, 0.05) is 37.2 Å². The lowest BCUT2D eigenvalue weighted by Gasteiger charge is -2.45. The Morgan fingerprint density at radius 1 is 0.867 bits per heavy atom. The molecule has 2 fully saturated rings. The molecule has 3 aromatic carbocycles. The number of fused-ring (bicyclic) bond motifs is 5. The summed E-state index contributed by atoms with van der Waals surface area (Å²) < 4.78 is 0. The van der Waals surface area contributed by atoms with Gasteiger partial charge in [-0.1, -0.05) is 54.6 Å². The standard InChI is InChI=1S/C27H28N2O/c28-24-6-3-5-21(14-24)27(30)22-9-10-23(27)17-29(16-22)15-18-8-11-26-20(12-18)13-19-4-1-2-7-25(19)26/h1-8,11-12,14,22-23,30H,9-10,13,15-17,28H2. The van der Waals surface area contributed by atoms with Crippen molar-refractivity contribution >= 4 is 5.69 Å². The maximum atomic E-state index is 11.7. The summed E-state index contributed by atoms with van der Waals surface area (Å²) in [6, 6.07) is 23.6. The lowest BCUT2D eigenvalue weighted by Crippen LogP contribution is -2.51. The monoisotopic (exact) mass is 396 g/mol. The van der Waals surface area contributed by atoms with Crippen LogP contribution in [-0.4, -0.2) is 23.1 Å². The van der Waals surface area contributed by atoms with Gasteiger partial charge in [0.15, 0.2) is 0 Å². The van der Waals surface area contributed by atoms with E-state index in [0.717, 1.165) is 50.1 Å². The Bertz CT molecular complexity index is 1110. The zero-order chi connectivity index (χ0) is 20.3. The summed E-state index contributed by atoms with van der Waals surface area (Å²) in [7, 11) is 0. The smallest absolute Gasteiger partial charge is 0.0977 e. The molecule has 3 heteroatoms. The highest BCUT2D eigenvalue weighted by Gasteiger charge is 2.53. The lowest BCUT2D eigenvalue weighted by atomic mass is 9.75. The molecule has 2 atom stereocenters. The molecule has 1 saturated carbocycles. The average Bonchev–Trinajstić information content (AvgIpc) is 3.17. The molecule has 152 valence electrons. The molecule has 0 amide bonds. The summed E-state index contributed by atoms with van der Waals surface area (Å²) in [4.78, 5) is 2.55. The zero-order valence-electron chi connectivity index (χ0n) is 17.2. The van der Waals surface area contributed by atoms with E-state index in [1.165, 1.54) is 27.8 Å². The van der Waals surface area contributed by atoms with Gasteiger partial charge in [0.25, 0.3) is 0 Å². The van der Waals surface area contributed by atoms with Crippen LogP contribution in [0.3, 0.4) is 0 Å². The molecule has 2 bridgehead atoms. The number of nitrogens with two attached hydrogens (primary N) is 1. The summed E-state index contributed by atoms with van der Waals surface area (Å²) in [5.74, 6) is 0.550. The maximum Gasteiger partial charge on any atom is 0.0977 e. The molecule has 3 nitrogen and oxygen atoms in total. The van der Waals surface area contributed by atoms with Crippen LogP contribution < -0.4 is 5.73 Å². The summed E-state index contributed by atoms with van der Waals surface area (Å²) in [6.07, 6.45) is 3.22. The van der Waals surface area contributed by atoms with Crippen LogP contribution >= 0.6 is 0 Å². The van der Waals surface area contributed by atoms with Crippen molar-refractivity contribution in [1.82, 2.24) is 4.90 Å². The molecule has 3 N–H and O–H groups in total. The van der Waals surface area contributed by atoms with Crippen LogP contribution in [0.5, 0.6) is 0 Å². The largest absolute Gasteiger partial charge is 0.399 e. The highest BCUT2D eigenvalue weighted by Crippen LogP contribution is 2.51. The van der Waals surface area contributed by atoms with Crippen LogP contribution in [0, 0.1) is 11.8 Å². The topological polar surface area (TPSA) is 49.5 Å². The molecular formula is C27H28N2O. The van der Waals surface area contributed by atoms with E-state index in [-0.39, 0.29) is 11.8 Å². The van der Waals surface area contributed by atoms with Crippen molar-refractivity contribution in [3.63, 3.8) is 0 Å². The Balaban J connectivity index is 1.22. The van der Waals surface area contributed by atoms with Gasteiger partial charge in [0.05, 0.1) is 5.60 Å². The van der Waals surface area contributed by atoms with Crippen molar-refractivity contribution in [2.45, 2.75) is 31.4 Å². The molecule has 1 heterocycles. The Kier molecular flexibility index (Phi) is 4.06. The van der Waals surface area contributed by atoms with Crippen LogP contribution in [0.1, 0.15) is 35.1 Å². The Morgan fingerprint density at radius 2 is 1.63 bits per heavy atom. The normalized spacial score (nSPS) is 27.1. The second-order valence-corrected chi connectivity index (χ2v) is 9.44. The Hall–Kier alpha value is -2.62. The molecule has 1 aliphatic heterocycles. The first-order chi connectivity index (χ1) is 14.6. The fourth-order valence-corrected chi connectivity index (χ4v) is 6.28. The second-order valence-electron chi connectivity index (χ2n) is 9.44. The van der Waals surface area contributed by atoms with E-state index in [2.05, 4.69) is 53.4 Å². The highest BCUT2D eigenvalue weighted by molar-refractivity contribution is 5.76. The first-order valence-corrected chi connectivity index (χ1v) is 11.1. The molecular weight excluding hydrogens is 368 g/mol. The van der Waals surface area contributed by atoms with E-state index in [9.17, 15) is 5.11 Å². The number of hydrogen-bond donors (Lipinski definition) is 2. The minimum Gasteiger partial charge on any atom is -0.399 e. The number of rotatable bonds is 3. The van der Waals surface area contributed by atoms with Crippen LogP contribution in [0.25, 0.3) is 11.1 Å². The van der Waals surface area contributed by atoms with E-state index in [1.54, 1.807) is 0 Å². The molecule has 2 aliphatic carbocycles. The molecule has 3 aliphatic rings. The number of likely N-dealkylation sites (tertiary alicyclic amines) is 1. The van der Waals surface area contributed by atoms with E-state index < -0.39 is 5.60 Å². The van der Waals surface area contributed by atoms with Crippen molar-refractivity contribution < 1.29 is 5.11 Å². The lowest BCUT2D eigenvalue weighted by molar-refractivity contribution is -0.0914. The molecule has 0 radical (unpaired) electrons. The van der Waals surface area contributed by atoms with Crippen molar-refractivity contribution in [2.24, 2.45) is 11.8 Å². The fraction of sp³-hybridized carbons (Fsp3) is 0.333. The van der Waals surface area contributed by atoms with Gasteiger partial charge in [-0.3, -0.25) is 4.90 Å². The minimum absolute atomic E-state index is 0.275. The van der Waals surface area contributed by atoms with Crippen LogP contribution in [-0.2, 0) is 18.6 Å². The van der Waals surface area contributed by atoms with E-state index >= 15 is 0 Å². The van der Waals surface area contributed by atoms with Gasteiger partial charge in [0.1, 0.15) is 0 Å². The second kappa shape index (κ2) is 6.69.